The standard InChI is InChI=1S/C18H24N2S/c1-2-16(18-10-7-13-21-18)19-17-9-4-3-8-15(17)14-20-11-5-6-12-20/h3-4,7-10,13,16,19H,2,5-6,11-12,14H2,1H3. The van der Waals surface area contributed by atoms with Crippen molar-refractivity contribution < 1.29 is 0 Å². The van der Waals surface area contributed by atoms with Gasteiger partial charge in [0.05, 0.1) is 6.04 Å². The average Bonchev–Trinajstić information content (AvgIpc) is 3.19. The first-order valence-corrected chi connectivity index (χ1v) is 8.85. The molecule has 1 fully saturated rings. The van der Waals surface area contributed by atoms with Crippen LogP contribution < -0.4 is 5.32 Å². The summed E-state index contributed by atoms with van der Waals surface area (Å²) in [6.45, 7) is 5.82. The molecule has 2 aromatic rings. The number of rotatable bonds is 6. The van der Waals surface area contributed by atoms with E-state index in [1.165, 1.54) is 42.1 Å². The van der Waals surface area contributed by atoms with Crippen LogP contribution in [0.15, 0.2) is 41.8 Å². The van der Waals surface area contributed by atoms with Crippen LogP contribution in [-0.4, -0.2) is 18.0 Å². The summed E-state index contributed by atoms with van der Waals surface area (Å²) in [4.78, 5) is 3.99. The van der Waals surface area contributed by atoms with Gasteiger partial charge in [-0.1, -0.05) is 31.2 Å². The summed E-state index contributed by atoms with van der Waals surface area (Å²) in [6.07, 6.45) is 3.81. The molecule has 112 valence electrons. The number of nitrogens with zero attached hydrogens (tertiary/aromatic N) is 1. The number of likely N-dealkylation sites (tertiary alicyclic amines) is 1. The Balaban J connectivity index is 1.74. The SMILES string of the molecule is CCC(Nc1ccccc1CN1CCCC1)c1cccs1. The fourth-order valence-electron chi connectivity index (χ4n) is 3.03. The third-order valence-corrected chi connectivity index (χ3v) is 5.22. The number of hydrogen-bond donors (Lipinski definition) is 1. The zero-order chi connectivity index (χ0) is 14.5. The lowest BCUT2D eigenvalue weighted by Crippen LogP contribution is -2.20. The molecule has 0 spiro atoms. The lowest BCUT2D eigenvalue weighted by molar-refractivity contribution is 0.332. The molecule has 0 amide bonds. The Hall–Kier alpha value is -1.32. The Morgan fingerprint density at radius 2 is 1.95 bits per heavy atom. The van der Waals surface area contributed by atoms with Crippen molar-refractivity contribution in [3.05, 3.63) is 52.2 Å². The summed E-state index contributed by atoms with van der Waals surface area (Å²) in [7, 11) is 0. The Labute approximate surface area is 131 Å². The van der Waals surface area contributed by atoms with Gasteiger partial charge in [-0.2, -0.15) is 0 Å². The van der Waals surface area contributed by atoms with Gasteiger partial charge in [-0.15, -0.1) is 11.3 Å². The molecule has 1 aliphatic heterocycles. The first kappa shape index (κ1) is 14.6. The fourth-order valence-corrected chi connectivity index (χ4v) is 3.89. The molecule has 3 rings (SSSR count). The molecule has 1 unspecified atom stereocenters. The minimum Gasteiger partial charge on any atom is -0.377 e. The third kappa shape index (κ3) is 3.66. The molecule has 2 nitrogen and oxygen atoms in total. The quantitative estimate of drug-likeness (QED) is 0.815. The maximum absolute atomic E-state index is 3.76. The van der Waals surface area contributed by atoms with Gasteiger partial charge < -0.3 is 5.32 Å². The van der Waals surface area contributed by atoms with Gasteiger partial charge in [-0.05, 0) is 55.4 Å². The van der Waals surface area contributed by atoms with Gasteiger partial charge >= 0.3 is 0 Å². The van der Waals surface area contributed by atoms with Crippen LogP contribution in [0.4, 0.5) is 5.69 Å². The first-order valence-electron chi connectivity index (χ1n) is 7.97. The summed E-state index contributed by atoms with van der Waals surface area (Å²) < 4.78 is 0. The minimum atomic E-state index is 0.421. The second-order valence-corrected chi connectivity index (χ2v) is 6.74. The molecule has 21 heavy (non-hydrogen) atoms. The second-order valence-electron chi connectivity index (χ2n) is 5.76. The van der Waals surface area contributed by atoms with Crippen molar-refractivity contribution >= 4 is 17.0 Å². The zero-order valence-electron chi connectivity index (χ0n) is 12.7. The predicted molar refractivity (Wildman–Crippen MR) is 91.9 cm³/mol. The molecule has 1 aromatic heterocycles. The normalized spacial score (nSPS) is 17.0. The van der Waals surface area contributed by atoms with Gasteiger partial charge in [0.15, 0.2) is 0 Å². The molecular formula is C18H24N2S. The highest BCUT2D eigenvalue weighted by Gasteiger charge is 2.15. The summed E-state index contributed by atoms with van der Waals surface area (Å²) in [5.74, 6) is 0. The van der Waals surface area contributed by atoms with Crippen molar-refractivity contribution in [2.75, 3.05) is 18.4 Å². The molecule has 3 heteroatoms. The van der Waals surface area contributed by atoms with Crippen molar-refractivity contribution in [1.82, 2.24) is 4.90 Å². The van der Waals surface area contributed by atoms with Gasteiger partial charge in [0.1, 0.15) is 0 Å². The van der Waals surface area contributed by atoms with E-state index in [1.54, 1.807) is 0 Å². The van der Waals surface area contributed by atoms with Gasteiger partial charge in [-0.25, -0.2) is 0 Å². The van der Waals surface area contributed by atoms with Crippen LogP contribution in [-0.2, 0) is 6.54 Å². The topological polar surface area (TPSA) is 15.3 Å². The first-order chi connectivity index (χ1) is 10.4. The predicted octanol–water partition coefficient (Wildman–Crippen LogP) is 4.91. The summed E-state index contributed by atoms with van der Waals surface area (Å²) in [5.41, 5.74) is 2.72. The van der Waals surface area contributed by atoms with Crippen LogP contribution >= 0.6 is 11.3 Å². The van der Waals surface area contributed by atoms with Crippen LogP contribution in [0, 0.1) is 0 Å². The lowest BCUT2D eigenvalue weighted by atomic mass is 10.1. The minimum absolute atomic E-state index is 0.421. The molecule has 1 N–H and O–H groups in total. The Bertz CT molecular complexity index is 544. The van der Waals surface area contributed by atoms with E-state index < -0.39 is 0 Å². The molecule has 1 aliphatic rings. The fraction of sp³-hybridized carbons (Fsp3) is 0.444. The van der Waals surface area contributed by atoms with E-state index in [0.717, 1.165) is 13.0 Å². The van der Waals surface area contributed by atoms with Gasteiger partial charge in [-0.3, -0.25) is 4.90 Å². The van der Waals surface area contributed by atoms with Crippen molar-refractivity contribution in [3.63, 3.8) is 0 Å². The van der Waals surface area contributed by atoms with E-state index >= 15 is 0 Å². The Morgan fingerprint density at radius 1 is 1.14 bits per heavy atom. The molecule has 2 heterocycles. The number of anilines is 1. The number of benzene rings is 1. The van der Waals surface area contributed by atoms with Gasteiger partial charge in [0.25, 0.3) is 0 Å². The summed E-state index contributed by atoms with van der Waals surface area (Å²) in [6, 6.07) is 13.6. The van der Waals surface area contributed by atoms with E-state index in [1.807, 2.05) is 11.3 Å². The van der Waals surface area contributed by atoms with E-state index in [-0.39, 0.29) is 0 Å². The summed E-state index contributed by atoms with van der Waals surface area (Å²) in [5, 5.41) is 5.92. The Kier molecular flexibility index (Phi) is 4.94. The highest BCUT2D eigenvalue weighted by atomic mass is 32.1. The number of hydrogen-bond acceptors (Lipinski definition) is 3. The van der Waals surface area contributed by atoms with E-state index in [9.17, 15) is 0 Å². The van der Waals surface area contributed by atoms with Gasteiger partial charge in [0.2, 0.25) is 0 Å². The third-order valence-electron chi connectivity index (χ3n) is 4.23. The van der Waals surface area contributed by atoms with Crippen LogP contribution in [0.25, 0.3) is 0 Å². The van der Waals surface area contributed by atoms with Crippen molar-refractivity contribution in [3.8, 4) is 0 Å². The molecular weight excluding hydrogens is 276 g/mol. The highest BCUT2D eigenvalue weighted by molar-refractivity contribution is 7.10. The van der Waals surface area contributed by atoms with Crippen molar-refractivity contribution in [1.29, 1.82) is 0 Å². The second kappa shape index (κ2) is 7.10. The molecule has 0 saturated carbocycles. The van der Waals surface area contributed by atoms with Crippen molar-refractivity contribution in [2.24, 2.45) is 0 Å². The number of thiophene rings is 1. The number of nitrogens with one attached hydrogen (secondary N) is 1. The largest absolute Gasteiger partial charge is 0.377 e. The van der Waals surface area contributed by atoms with E-state index in [4.69, 9.17) is 0 Å². The maximum Gasteiger partial charge on any atom is 0.0604 e. The smallest absolute Gasteiger partial charge is 0.0604 e. The van der Waals surface area contributed by atoms with Crippen molar-refractivity contribution in [2.45, 2.75) is 38.8 Å². The van der Waals surface area contributed by atoms with Crippen LogP contribution in [0.2, 0.25) is 0 Å². The van der Waals surface area contributed by atoms with Crippen LogP contribution in [0.5, 0.6) is 0 Å². The van der Waals surface area contributed by atoms with Crippen LogP contribution in [0.3, 0.4) is 0 Å². The van der Waals surface area contributed by atoms with E-state index in [2.05, 4.69) is 58.9 Å². The maximum atomic E-state index is 3.76. The highest BCUT2D eigenvalue weighted by Crippen LogP contribution is 2.28. The molecule has 1 saturated heterocycles. The molecule has 1 atom stereocenters. The van der Waals surface area contributed by atoms with Crippen LogP contribution in [0.1, 0.15) is 42.7 Å². The summed E-state index contributed by atoms with van der Waals surface area (Å²) >= 11 is 1.84. The molecule has 0 aliphatic carbocycles. The lowest BCUT2D eigenvalue weighted by Gasteiger charge is -2.22. The molecule has 0 bridgehead atoms. The molecule has 1 aromatic carbocycles. The molecule has 0 radical (unpaired) electrons. The average molecular weight is 300 g/mol. The van der Waals surface area contributed by atoms with Gasteiger partial charge in [0, 0.05) is 17.1 Å². The zero-order valence-corrected chi connectivity index (χ0v) is 13.5. The Morgan fingerprint density at radius 3 is 2.67 bits per heavy atom. The number of para-hydroxylation sites is 1. The van der Waals surface area contributed by atoms with E-state index in [0.29, 0.717) is 6.04 Å². The monoisotopic (exact) mass is 300 g/mol.